The Kier molecular flexibility index (Phi) is 4.49. The van der Waals surface area contributed by atoms with Crippen LogP contribution in [-0.4, -0.2) is 20.1 Å². The first-order valence-corrected chi connectivity index (χ1v) is 8.33. The summed E-state index contributed by atoms with van der Waals surface area (Å²) in [5.41, 5.74) is 12.6. The molecule has 2 nitrogen and oxygen atoms in total. The van der Waals surface area contributed by atoms with Gasteiger partial charge in [-0.05, 0) is 66.1 Å². The van der Waals surface area contributed by atoms with Crippen molar-refractivity contribution in [3.05, 3.63) is 53.6 Å². The van der Waals surface area contributed by atoms with E-state index in [2.05, 4.69) is 61.3 Å². The monoisotopic (exact) mass is 294 g/mol. The highest BCUT2D eigenvalue weighted by Crippen LogP contribution is 2.32. The second-order valence-electron chi connectivity index (χ2n) is 6.47. The van der Waals surface area contributed by atoms with Crippen molar-refractivity contribution in [1.82, 2.24) is 0 Å². The van der Waals surface area contributed by atoms with E-state index in [-0.39, 0.29) is 0 Å². The molecule has 1 unspecified atom stereocenters. The van der Waals surface area contributed by atoms with Gasteiger partial charge in [-0.3, -0.25) is 0 Å². The Morgan fingerprint density at radius 3 is 2.77 bits per heavy atom. The Morgan fingerprint density at radius 2 is 1.95 bits per heavy atom. The zero-order valence-corrected chi connectivity index (χ0v) is 13.7. The molecule has 0 saturated carbocycles. The van der Waals surface area contributed by atoms with Gasteiger partial charge >= 0.3 is 0 Å². The van der Waals surface area contributed by atoms with Crippen LogP contribution in [-0.2, 0) is 6.42 Å². The maximum Gasteiger partial charge on any atom is 0.0396 e. The van der Waals surface area contributed by atoms with Crippen molar-refractivity contribution in [3.8, 4) is 11.1 Å². The van der Waals surface area contributed by atoms with E-state index in [0.29, 0.717) is 5.92 Å². The van der Waals surface area contributed by atoms with E-state index < -0.39 is 0 Å². The predicted octanol–water partition coefficient (Wildman–Crippen LogP) is 4.19. The Hall–Kier alpha value is -1.80. The van der Waals surface area contributed by atoms with Gasteiger partial charge in [0.05, 0.1) is 0 Å². The minimum atomic E-state index is 0.522. The second kappa shape index (κ2) is 6.53. The highest BCUT2D eigenvalue weighted by molar-refractivity contribution is 5.70. The molecule has 1 heterocycles. The molecule has 2 heteroatoms. The van der Waals surface area contributed by atoms with Gasteiger partial charge in [0.2, 0.25) is 0 Å². The SMILES string of the molecule is CC(CCN)c1cccc(-c2ccc3c(c2)CCCN3C)c1. The topological polar surface area (TPSA) is 29.3 Å². The molecule has 2 aromatic rings. The molecule has 0 amide bonds. The minimum Gasteiger partial charge on any atom is -0.374 e. The molecule has 0 aliphatic carbocycles. The lowest BCUT2D eigenvalue weighted by molar-refractivity contribution is 0.690. The average molecular weight is 294 g/mol. The zero-order valence-electron chi connectivity index (χ0n) is 13.7. The van der Waals surface area contributed by atoms with Crippen molar-refractivity contribution >= 4 is 5.69 Å². The number of hydrogen-bond donors (Lipinski definition) is 1. The van der Waals surface area contributed by atoms with Crippen LogP contribution in [0.2, 0.25) is 0 Å². The molecular weight excluding hydrogens is 268 g/mol. The van der Waals surface area contributed by atoms with Crippen LogP contribution in [0.1, 0.15) is 36.8 Å². The summed E-state index contributed by atoms with van der Waals surface area (Å²) in [6.45, 7) is 4.17. The molecule has 3 rings (SSSR count). The molecule has 0 saturated heterocycles. The van der Waals surface area contributed by atoms with Crippen LogP contribution >= 0.6 is 0 Å². The summed E-state index contributed by atoms with van der Waals surface area (Å²) in [6.07, 6.45) is 3.48. The van der Waals surface area contributed by atoms with Crippen LogP contribution in [0, 0.1) is 0 Å². The predicted molar refractivity (Wildman–Crippen MR) is 95.6 cm³/mol. The Bertz CT molecular complexity index is 648. The molecule has 1 aliphatic rings. The van der Waals surface area contributed by atoms with Gasteiger partial charge in [0.15, 0.2) is 0 Å². The van der Waals surface area contributed by atoms with Crippen molar-refractivity contribution in [3.63, 3.8) is 0 Å². The number of benzene rings is 2. The van der Waals surface area contributed by atoms with E-state index in [1.165, 1.54) is 47.3 Å². The maximum absolute atomic E-state index is 5.70. The van der Waals surface area contributed by atoms with Crippen LogP contribution in [0.5, 0.6) is 0 Å². The molecule has 0 aromatic heterocycles. The lowest BCUT2D eigenvalue weighted by atomic mass is 9.92. The van der Waals surface area contributed by atoms with Crippen LogP contribution in [0.15, 0.2) is 42.5 Å². The first-order valence-electron chi connectivity index (χ1n) is 8.33. The summed E-state index contributed by atoms with van der Waals surface area (Å²) in [6, 6.07) is 15.8. The Balaban J connectivity index is 1.93. The number of aryl methyl sites for hydroxylation is 1. The first-order chi connectivity index (χ1) is 10.7. The number of fused-ring (bicyclic) bond motifs is 1. The van der Waals surface area contributed by atoms with E-state index in [9.17, 15) is 0 Å². The summed E-state index contributed by atoms with van der Waals surface area (Å²) in [4.78, 5) is 2.36. The van der Waals surface area contributed by atoms with Gasteiger partial charge in [-0.1, -0.05) is 37.3 Å². The van der Waals surface area contributed by atoms with Gasteiger partial charge < -0.3 is 10.6 Å². The lowest BCUT2D eigenvalue weighted by Crippen LogP contribution is -2.24. The van der Waals surface area contributed by atoms with E-state index in [1.807, 2.05) is 0 Å². The fourth-order valence-electron chi connectivity index (χ4n) is 3.41. The number of hydrogen-bond acceptors (Lipinski definition) is 2. The molecule has 0 bridgehead atoms. The Labute approximate surface area is 134 Å². The van der Waals surface area contributed by atoms with Gasteiger partial charge in [0.25, 0.3) is 0 Å². The second-order valence-corrected chi connectivity index (χ2v) is 6.47. The quantitative estimate of drug-likeness (QED) is 0.916. The highest BCUT2D eigenvalue weighted by atomic mass is 15.1. The summed E-state index contributed by atoms with van der Waals surface area (Å²) in [5.74, 6) is 0.522. The molecule has 0 fully saturated rings. The van der Waals surface area contributed by atoms with Crippen molar-refractivity contribution in [2.24, 2.45) is 5.73 Å². The molecule has 1 aliphatic heterocycles. The normalized spacial score (nSPS) is 15.5. The molecule has 2 N–H and O–H groups in total. The van der Waals surface area contributed by atoms with Gasteiger partial charge in [-0.2, -0.15) is 0 Å². The molecule has 0 radical (unpaired) electrons. The van der Waals surface area contributed by atoms with Crippen LogP contribution in [0.25, 0.3) is 11.1 Å². The van der Waals surface area contributed by atoms with Crippen molar-refractivity contribution < 1.29 is 0 Å². The summed E-state index contributed by atoms with van der Waals surface area (Å²) < 4.78 is 0. The Morgan fingerprint density at radius 1 is 1.14 bits per heavy atom. The number of rotatable bonds is 4. The molecule has 2 aromatic carbocycles. The van der Waals surface area contributed by atoms with Crippen molar-refractivity contribution in [2.45, 2.75) is 32.1 Å². The van der Waals surface area contributed by atoms with Crippen LogP contribution in [0.4, 0.5) is 5.69 Å². The molecule has 0 spiro atoms. The highest BCUT2D eigenvalue weighted by Gasteiger charge is 2.14. The molecule has 1 atom stereocenters. The van der Waals surface area contributed by atoms with Crippen molar-refractivity contribution in [2.75, 3.05) is 25.0 Å². The minimum absolute atomic E-state index is 0.522. The molecular formula is C20H26N2. The largest absolute Gasteiger partial charge is 0.374 e. The fraction of sp³-hybridized carbons (Fsp3) is 0.400. The third-order valence-electron chi connectivity index (χ3n) is 4.82. The van der Waals surface area contributed by atoms with Gasteiger partial charge in [-0.25, -0.2) is 0 Å². The van der Waals surface area contributed by atoms with Gasteiger partial charge in [0.1, 0.15) is 0 Å². The number of nitrogens with two attached hydrogens (primary N) is 1. The van der Waals surface area contributed by atoms with E-state index in [4.69, 9.17) is 5.73 Å². The average Bonchev–Trinajstić information content (AvgIpc) is 2.55. The molecule has 116 valence electrons. The van der Waals surface area contributed by atoms with E-state index in [1.54, 1.807) is 0 Å². The first kappa shape index (κ1) is 15.1. The molecule has 22 heavy (non-hydrogen) atoms. The lowest BCUT2D eigenvalue weighted by Gasteiger charge is -2.28. The number of nitrogens with zero attached hydrogens (tertiary/aromatic N) is 1. The zero-order chi connectivity index (χ0) is 15.5. The third kappa shape index (κ3) is 3.02. The summed E-state index contributed by atoms with van der Waals surface area (Å²) >= 11 is 0. The summed E-state index contributed by atoms with van der Waals surface area (Å²) in [5, 5.41) is 0. The standard InChI is InChI=1S/C20H26N2/c1-15(10-11-21)16-5-3-6-17(13-16)18-8-9-20-19(14-18)7-4-12-22(20)2/h3,5-6,8-9,13-15H,4,7,10-12,21H2,1-2H3. The summed E-state index contributed by atoms with van der Waals surface area (Å²) in [7, 11) is 2.19. The van der Waals surface area contributed by atoms with E-state index in [0.717, 1.165) is 13.0 Å². The van der Waals surface area contributed by atoms with Crippen LogP contribution < -0.4 is 10.6 Å². The van der Waals surface area contributed by atoms with E-state index >= 15 is 0 Å². The van der Waals surface area contributed by atoms with Gasteiger partial charge in [-0.15, -0.1) is 0 Å². The number of anilines is 1. The van der Waals surface area contributed by atoms with Crippen molar-refractivity contribution in [1.29, 1.82) is 0 Å². The van der Waals surface area contributed by atoms with Gasteiger partial charge in [0, 0.05) is 19.3 Å². The fourth-order valence-corrected chi connectivity index (χ4v) is 3.41. The maximum atomic E-state index is 5.70. The third-order valence-corrected chi connectivity index (χ3v) is 4.82. The smallest absolute Gasteiger partial charge is 0.0396 e. The van der Waals surface area contributed by atoms with Crippen LogP contribution in [0.3, 0.4) is 0 Å².